The first-order chi connectivity index (χ1) is 3.97. The van der Waals surface area contributed by atoms with Gasteiger partial charge < -0.3 is 0 Å². The molecule has 0 fully saturated rings. The highest BCUT2D eigenvalue weighted by Gasteiger charge is 1.90. The summed E-state index contributed by atoms with van der Waals surface area (Å²) in [5, 5.41) is 9.47. The van der Waals surface area contributed by atoms with E-state index in [9.17, 15) is 0 Å². The van der Waals surface area contributed by atoms with Gasteiger partial charge in [0.05, 0.1) is 0 Å². The van der Waals surface area contributed by atoms with Crippen molar-refractivity contribution in [2.75, 3.05) is 0 Å². The van der Waals surface area contributed by atoms with Crippen molar-refractivity contribution in [2.24, 2.45) is 0 Å². The fourth-order valence-corrected chi connectivity index (χ4v) is 1.21. The Kier molecular flexibility index (Phi) is 0.648. The van der Waals surface area contributed by atoms with Crippen LogP contribution in [-0.4, -0.2) is 14.6 Å². The third-order valence-electron chi connectivity index (χ3n) is 0.935. The Morgan fingerprint density at radius 1 is 1.62 bits per heavy atom. The highest BCUT2D eigenvalue weighted by Crippen LogP contribution is 2.04. The van der Waals surface area contributed by atoms with Gasteiger partial charge in [0.1, 0.15) is 6.33 Å². The van der Waals surface area contributed by atoms with E-state index in [1.165, 1.54) is 0 Å². The van der Waals surface area contributed by atoms with Gasteiger partial charge in [-0.15, -0.1) is 21.5 Å². The van der Waals surface area contributed by atoms with Gasteiger partial charge in [0.25, 0.3) is 0 Å². The Morgan fingerprint density at radius 2 is 2.62 bits per heavy atom. The molecule has 0 aromatic carbocycles. The topological polar surface area (TPSA) is 30.2 Å². The van der Waals surface area contributed by atoms with E-state index in [1.54, 1.807) is 17.7 Å². The summed E-state index contributed by atoms with van der Waals surface area (Å²) < 4.78 is 1.88. The minimum absolute atomic E-state index is 0.949. The molecule has 0 saturated heterocycles. The van der Waals surface area contributed by atoms with Crippen LogP contribution in [0.25, 0.3) is 4.96 Å². The highest BCUT2D eigenvalue weighted by molar-refractivity contribution is 7.15. The van der Waals surface area contributed by atoms with Crippen molar-refractivity contribution in [3.8, 4) is 0 Å². The molecule has 0 atom stereocenters. The predicted octanol–water partition coefficient (Wildman–Crippen LogP) is 0.791. The summed E-state index contributed by atoms with van der Waals surface area (Å²) >= 11 is 1.58. The van der Waals surface area contributed by atoms with Crippen molar-refractivity contribution in [1.29, 1.82) is 0 Å². The van der Waals surface area contributed by atoms with E-state index in [1.807, 2.05) is 16.0 Å². The first-order valence-electron chi connectivity index (χ1n) is 2.19. The van der Waals surface area contributed by atoms with E-state index >= 15 is 0 Å². The quantitative estimate of drug-likeness (QED) is 0.521. The van der Waals surface area contributed by atoms with Crippen molar-refractivity contribution in [3.63, 3.8) is 0 Å². The first kappa shape index (κ1) is 4.03. The molecule has 4 heteroatoms. The maximum atomic E-state index is 3.81. The standard InChI is InChI=1S/C4H3N3S/c1-2-8-4-6-5-3-7(1)4/h1-3H. The molecule has 2 aromatic rings. The number of fused-ring (bicyclic) bond motifs is 1. The molecule has 0 spiro atoms. The lowest BCUT2D eigenvalue weighted by Crippen LogP contribution is -1.66. The van der Waals surface area contributed by atoms with Gasteiger partial charge in [0.15, 0.2) is 0 Å². The summed E-state index contributed by atoms with van der Waals surface area (Å²) in [6.07, 6.45) is 3.62. The third kappa shape index (κ3) is 0.376. The van der Waals surface area contributed by atoms with Gasteiger partial charge in [0.2, 0.25) is 4.96 Å². The third-order valence-corrected chi connectivity index (χ3v) is 1.70. The molecule has 2 rings (SSSR count). The van der Waals surface area contributed by atoms with Gasteiger partial charge in [-0.25, -0.2) is 0 Å². The molecule has 0 N–H and O–H groups in total. The molecule has 8 heavy (non-hydrogen) atoms. The Labute approximate surface area is 49.6 Å². The summed E-state index contributed by atoms with van der Waals surface area (Å²) in [5.41, 5.74) is 0. The fraction of sp³-hybridized carbons (Fsp3) is 0. The van der Waals surface area contributed by atoms with Gasteiger partial charge in [0, 0.05) is 11.6 Å². The van der Waals surface area contributed by atoms with Crippen LogP contribution in [-0.2, 0) is 0 Å². The Bertz CT molecular complexity index is 233. The summed E-state index contributed by atoms with van der Waals surface area (Å²) in [6.45, 7) is 0. The molecule has 0 unspecified atom stereocenters. The monoisotopic (exact) mass is 125 g/mol. The highest BCUT2D eigenvalue weighted by atomic mass is 32.1. The zero-order chi connectivity index (χ0) is 5.40. The second-order valence-electron chi connectivity index (χ2n) is 1.42. The van der Waals surface area contributed by atoms with Crippen molar-refractivity contribution in [3.05, 3.63) is 17.9 Å². The molecular weight excluding hydrogens is 122 g/mol. The van der Waals surface area contributed by atoms with Gasteiger partial charge in [-0.1, -0.05) is 0 Å². The molecule has 0 saturated carbocycles. The number of nitrogens with zero attached hydrogens (tertiary/aromatic N) is 3. The number of hydrogen-bond donors (Lipinski definition) is 0. The molecule has 0 aliphatic heterocycles. The van der Waals surface area contributed by atoms with Crippen LogP contribution in [0.2, 0.25) is 0 Å². The number of rotatable bonds is 0. The normalized spacial score (nSPS) is 10.5. The maximum Gasteiger partial charge on any atom is 0.215 e. The van der Waals surface area contributed by atoms with Crippen molar-refractivity contribution < 1.29 is 0 Å². The number of hydrogen-bond acceptors (Lipinski definition) is 3. The SMILES string of the molecule is c1cn2cnnc2s1. The average molecular weight is 125 g/mol. The second kappa shape index (κ2) is 1.29. The predicted molar refractivity (Wildman–Crippen MR) is 30.9 cm³/mol. The lowest BCUT2D eigenvalue weighted by molar-refractivity contribution is 1.10. The van der Waals surface area contributed by atoms with E-state index in [-0.39, 0.29) is 0 Å². The van der Waals surface area contributed by atoms with Crippen LogP contribution in [0, 0.1) is 0 Å². The summed E-state index contributed by atoms with van der Waals surface area (Å²) in [5.74, 6) is 0. The minimum atomic E-state index is 0.949. The van der Waals surface area contributed by atoms with Crippen LogP contribution in [0.1, 0.15) is 0 Å². The zero-order valence-corrected chi connectivity index (χ0v) is 4.80. The Balaban J connectivity index is 3.06. The lowest BCUT2D eigenvalue weighted by atomic mass is 11.0. The van der Waals surface area contributed by atoms with E-state index < -0.39 is 0 Å². The van der Waals surface area contributed by atoms with Crippen molar-refractivity contribution in [1.82, 2.24) is 14.6 Å². The Hall–Kier alpha value is -0.900. The maximum absolute atomic E-state index is 3.81. The van der Waals surface area contributed by atoms with Crippen molar-refractivity contribution in [2.45, 2.75) is 0 Å². The second-order valence-corrected chi connectivity index (χ2v) is 2.30. The molecule has 0 aliphatic rings. The van der Waals surface area contributed by atoms with E-state index in [2.05, 4.69) is 10.2 Å². The molecule has 3 nitrogen and oxygen atoms in total. The summed E-state index contributed by atoms with van der Waals surface area (Å²) in [7, 11) is 0. The summed E-state index contributed by atoms with van der Waals surface area (Å²) in [6, 6.07) is 0. The molecule has 40 valence electrons. The first-order valence-corrected chi connectivity index (χ1v) is 3.07. The zero-order valence-electron chi connectivity index (χ0n) is 3.98. The van der Waals surface area contributed by atoms with Crippen molar-refractivity contribution >= 4 is 16.3 Å². The van der Waals surface area contributed by atoms with Crippen LogP contribution in [0.4, 0.5) is 0 Å². The van der Waals surface area contributed by atoms with Crippen LogP contribution in [0.5, 0.6) is 0 Å². The summed E-state index contributed by atoms with van der Waals surface area (Å²) in [4.78, 5) is 0.949. The van der Waals surface area contributed by atoms with Gasteiger partial charge in [-0.05, 0) is 0 Å². The van der Waals surface area contributed by atoms with Crippen LogP contribution in [0.3, 0.4) is 0 Å². The van der Waals surface area contributed by atoms with Crippen LogP contribution in [0.15, 0.2) is 17.9 Å². The molecular formula is C4H3N3S. The van der Waals surface area contributed by atoms with E-state index in [0.29, 0.717) is 0 Å². The van der Waals surface area contributed by atoms with E-state index in [0.717, 1.165) is 4.96 Å². The van der Waals surface area contributed by atoms with Gasteiger partial charge in [-0.2, -0.15) is 0 Å². The van der Waals surface area contributed by atoms with Gasteiger partial charge >= 0.3 is 0 Å². The smallest absolute Gasteiger partial charge is 0.215 e. The molecule has 0 radical (unpaired) electrons. The molecule has 0 bridgehead atoms. The van der Waals surface area contributed by atoms with Crippen LogP contribution >= 0.6 is 11.3 Å². The van der Waals surface area contributed by atoms with Gasteiger partial charge in [-0.3, -0.25) is 4.40 Å². The van der Waals surface area contributed by atoms with Crippen LogP contribution < -0.4 is 0 Å². The average Bonchev–Trinajstić information content (AvgIpc) is 2.15. The minimum Gasteiger partial charge on any atom is -0.280 e. The molecule has 2 aromatic heterocycles. The fourth-order valence-electron chi connectivity index (χ4n) is 0.575. The number of aromatic nitrogens is 3. The van der Waals surface area contributed by atoms with E-state index in [4.69, 9.17) is 0 Å². The molecule has 0 aliphatic carbocycles. The molecule has 0 amide bonds. The Morgan fingerprint density at radius 3 is 3.50 bits per heavy atom. The largest absolute Gasteiger partial charge is 0.280 e. The lowest BCUT2D eigenvalue weighted by Gasteiger charge is -1.68. The number of thiazole rings is 1. The molecule has 2 heterocycles.